The quantitative estimate of drug-likeness (QED) is 0.659. The number of benzene rings is 1. The number of hydrazone groups is 1. The summed E-state index contributed by atoms with van der Waals surface area (Å²) in [5.41, 5.74) is 3.45. The average Bonchev–Trinajstić information content (AvgIpc) is 2.56. The number of nitrogens with one attached hydrogen (secondary N) is 1. The van der Waals surface area contributed by atoms with Gasteiger partial charge in [0.15, 0.2) is 0 Å². The molecule has 0 aliphatic heterocycles. The van der Waals surface area contributed by atoms with Gasteiger partial charge < -0.3 is 4.74 Å². The predicted octanol–water partition coefficient (Wildman–Crippen LogP) is 2.91. The summed E-state index contributed by atoms with van der Waals surface area (Å²) in [7, 11) is 0. The van der Waals surface area contributed by atoms with Crippen LogP contribution in [0.4, 0.5) is 0 Å². The summed E-state index contributed by atoms with van der Waals surface area (Å²) in [5.74, 6) is 0.606. The smallest absolute Gasteiger partial charge is 0.250 e. The van der Waals surface area contributed by atoms with Crippen molar-refractivity contribution in [3.8, 4) is 5.75 Å². The Morgan fingerprint density at radius 3 is 2.61 bits per heavy atom. The molecule has 1 amide bonds. The number of carbonyl (C=O) groups is 1. The number of aromatic nitrogens is 1. The highest BCUT2D eigenvalue weighted by atomic mass is 16.5. The van der Waals surface area contributed by atoms with E-state index in [4.69, 9.17) is 4.74 Å². The molecule has 1 N–H and O–H groups in total. The molecule has 120 valence electrons. The summed E-state index contributed by atoms with van der Waals surface area (Å²) >= 11 is 0. The Hall–Kier alpha value is -2.69. The second-order valence-corrected chi connectivity index (χ2v) is 5.54. The zero-order chi connectivity index (χ0) is 16.7. The molecule has 0 aliphatic rings. The highest BCUT2D eigenvalue weighted by molar-refractivity contribution is 5.88. The number of amides is 1. The Balaban J connectivity index is 2.03. The molecular formula is C18H21N3O2. The van der Waals surface area contributed by atoms with Crippen molar-refractivity contribution in [3.63, 3.8) is 0 Å². The third-order valence-electron chi connectivity index (χ3n) is 3.51. The molecule has 0 bridgehead atoms. The van der Waals surface area contributed by atoms with E-state index in [0.717, 1.165) is 11.3 Å². The van der Waals surface area contributed by atoms with Crippen molar-refractivity contribution in [1.29, 1.82) is 0 Å². The van der Waals surface area contributed by atoms with E-state index in [-0.39, 0.29) is 5.91 Å². The van der Waals surface area contributed by atoms with Gasteiger partial charge in [0.2, 0.25) is 5.91 Å². The van der Waals surface area contributed by atoms with Crippen LogP contribution in [0.5, 0.6) is 5.75 Å². The number of nitrogens with zero attached hydrogens (tertiary/aromatic N) is 2. The molecule has 1 heterocycles. The van der Waals surface area contributed by atoms with E-state index in [2.05, 4.69) is 15.5 Å². The van der Waals surface area contributed by atoms with Gasteiger partial charge in [0.1, 0.15) is 5.75 Å². The molecule has 1 aromatic heterocycles. The Morgan fingerprint density at radius 1 is 1.26 bits per heavy atom. The van der Waals surface area contributed by atoms with Crippen LogP contribution in [0.1, 0.15) is 32.0 Å². The van der Waals surface area contributed by atoms with Crippen LogP contribution in [0.2, 0.25) is 0 Å². The van der Waals surface area contributed by atoms with Crippen molar-refractivity contribution < 1.29 is 9.53 Å². The molecule has 2 aromatic rings. The van der Waals surface area contributed by atoms with Gasteiger partial charge in [0.05, 0.1) is 23.9 Å². The number of pyridine rings is 1. The molecule has 2 rings (SSSR count). The maximum Gasteiger partial charge on any atom is 0.250 e. The summed E-state index contributed by atoms with van der Waals surface area (Å²) in [4.78, 5) is 16.5. The van der Waals surface area contributed by atoms with Gasteiger partial charge in [0, 0.05) is 6.20 Å². The van der Waals surface area contributed by atoms with Crippen LogP contribution in [0, 0.1) is 0 Å². The summed E-state index contributed by atoms with van der Waals surface area (Å²) in [6, 6.07) is 13.0. The highest BCUT2D eigenvalue weighted by Gasteiger charge is 2.29. The monoisotopic (exact) mass is 311 g/mol. The Labute approximate surface area is 136 Å². The van der Waals surface area contributed by atoms with Crippen molar-refractivity contribution >= 4 is 12.1 Å². The zero-order valence-electron chi connectivity index (χ0n) is 13.6. The molecule has 0 radical (unpaired) electrons. The predicted molar refractivity (Wildman–Crippen MR) is 90.6 cm³/mol. The first kappa shape index (κ1) is 16.7. The van der Waals surface area contributed by atoms with Crippen LogP contribution in [0.25, 0.3) is 0 Å². The van der Waals surface area contributed by atoms with Gasteiger partial charge in [-0.05, 0) is 50.6 Å². The van der Waals surface area contributed by atoms with Crippen LogP contribution in [0.15, 0.2) is 53.8 Å². The normalized spacial score (nSPS) is 11.4. The van der Waals surface area contributed by atoms with E-state index in [0.29, 0.717) is 12.3 Å². The SMILES string of the molecule is CCOc1ccc(C(C)(C)C(=O)NN=Cc2ccccn2)cc1. The first-order valence-corrected chi connectivity index (χ1v) is 7.52. The lowest BCUT2D eigenvalue weighted by Gasteiger charge is -2.23. The van der Waals surface area contributed by atoms with E-state index in [9.17, 15) is 4.79 Å². The fraction of sp³-hybridized carbons (Fsp3) is 0.278. The van der Waals surface area contributed by atoms with Gasteiger partial charge in [-0.15, -0.1) is 0 Å². The topological polar surface area (TPSA) is 63.6 Å². The molecule has 0 aliphatic carbocycles. The molecule has 0 fully saturated rings. The summed E-state index contributed by atoms with van der Waals surface area (Å²) < 4.78 is 5.42. The standard InChI is InChI=1S/C18H21N3O2/c1-4-23-16-10-8-14(9-11-16)18(2,3)17(22)21-20-13-15-7-5-6-12-19-15/h5-13H,4H2,1-3H3,(H,21,22). The second-order valence-electron chi connectivity index (χ2n) is 5.54. The minimum Gasteiger partial charge on any atom is -0.494 e. The third kappa shape index (κ3) is 4.39. The molecule has 0 unspecified atom stereocenters. The second kappa shape index (κ2) is 7.54. The van der Waals surface area contributed by atoms with E-state index >= 15 is 0 Å². The van der Waals surface area contributed by atoms with Crippen molar-refractivity contribution in [1.82, 2.24) is 10.4 Å². The van der Waals surface area contributed by atoms with Gasteiger partial charge in [-0.25, -0.2) is 5.43 Å². The fourth-order valence-corrected chi connectivity index (χ4v) is 2.01. The lowest BCUT2D eigenvalue weighted by Crippen LogP contribution is -2.37. The lowest BCUT2D eigenvalue weighted by molar-refractivity contribution is -0.125. The maximum absolute atomic E-state index is 12.4. The van der Waals surface area contributed by atoms with Crippen molar-refractivity contribution in [2.24, 2.45) is 5.10 Å². The number of carbonyl (C=O) groups excluding carboxylic acids is 1. The molecule has 1 aromatic carbocycles. The summed E-state index contributed by atoms with van der Waals surface area (Å²) in [6.07, 6.45) is 3.19. The first-order valence-electron chi connectivity index (χ1n) is 7.52. The Morgan fingerprint density at radius 2 is 2.00 bits per heavy atom. The summed E-state index contributed by atoms with van der Waals surface area (Å²) in [6.45, 7) is 6.26. The van der Waals surface area contributed by atoms with Crippen LogP contribution in [0.3, 0.4) is 0 Å². The number of rotatable bonds is 6. The summed E-state index contributed by atoms with van der Waals surface area (Å²) in [5, 5.41) is 3.97. The maximum atomic E-state index is 12.4. The van der Waals surface area contributed by atoms with Crippen LogP contribution in [-0.2, 0) is 10.2 Å². The van der Waals surface area contributed by atoms with E-state index in [1.165, 1.54) is 6.21 Å². The van der Waals surface area contributed by atoms with Crippen LogP contribution < -0.4 is 10.2 Å². The average molecular weight is 311 g/mol. The molecule has 0 saturated carbocycles. The van der Waals surface area contributed by atoms with Crippen LogP contribution >= 0.6 is 0 Å². The van der Waals surface area contributed by atoms with Gasteiger partial charge in [-0.2, -0.15) is 5.10 Å². The molecule has 5 heteroatoms. The van der Waals surface area contributed by atoms with Gasteiger partial charge in [-0.3, -0.25) is 9.78 Å². The lowest BCUT2D eigenvalue weighted by atomic mass is 9.84. The third-order valence-corrected chi connectivity index (χ3v) is 3.51. The highest BCUT2D eigenvalue weighted by Crippen LogP contribution is 2.25. The zero-order valence-corrected chi connectivity index (χ0v) is 13.6. The van der Waals surface area contributed by atoms with Crippen molar-refractivity contribution in [3.05, 3.63) is 59.9 Å². The van der Waals surface area contributed by atoms with Gasteiger partial charge in [0.25, 0.3) is 0 Å². The largest absolute Gasteiger partial charge is 0.494 e. The Kier molecular flexibility index (Phi) is 5.46. The van der Waals surface area contributed by atoms with E-state index in [1.807, 2.05) is 63.2 Å². The fourth-order valence-electron chi connectivity index (χ4n) is 2.01. The number of hydrogen-bond donors (Lipinski definition) is 1. The minimum atomic E-state index is -0.702. The van der Waals surface area contributed by atoms with E-state index in [1.54, 1.807) is 6.20 Å². The molecular weight excluding hydrogens is 290 g/mol. The van der Waals surface area contributed by atoms with Crippen molar-refractivity contribution in [2.45, 2.75) is 26.2 Å². The van der Waals surface area contributed by atoms with Crippen molar-refractivity contribution in [2.75, 3.05) is 6.61 Å². The first-order chi connectivity index (χ1) is 11.0. The molecule has 0 spiro atoms. The van der Waals surface area contributed by atoms with Gasteiger partial charge in [-0.1, -0.05) is 18.2 Å². The number of ether oxygens (including phenoxy) is 1. The van der Waals surface area contributed by atoms with Crippen LogP contribution in [-0.4, -0.2) is 23.7 Å². The molecule has 5 nitrogen and oxygen atoms in total. The minimum absolute atomic E-state index is 0.186. The number of hydrogen-bond acceptors (Lipinski definition) is 4. The molecule has 23 heavy (non-hydrogen) atoms. The van der Waals surface area contributed by atoms with E-state index < -0.39 is 5.41 Å². The Bertz CT molecular complexity index is 664. The van der Waals surface area contributed by atoms with Gasteiger partial charge >= 0.3 is 0 Å². The molecule has 0 atom stereocenters. The molecule has 0 saturated heterocycles.